The Hall–Kier alpha value is -2.43. The lowest BCUT2D eigenvalue weighted by Gasteiger charge is -2.23. The van der Waals surface area contributed by atoms with Crippen molar-refractivity contribution in [1.29, 1.82) is 0 Å². The van der Waals surface area contributed by atoms with Gasteiger partial charge in [0.15, 0.2) is 5.82 Å². The van der Waals surface area contributed by atoms with Crippen molar-refractivity contribution in [2.24, 2.45) is 7.05 Å². The molecule has 1 aliphatic rings. The van der Waals surface area contributed by atoms with Crippen molar-refractivity contribution in [3.05, 3.63) is 35.0 Å². The molecular weight excluding hydrogens is 250 g/mol. The van der Waals surface area contributed by atoms with Crippen LogP contribution in [-0.2, 0) is 19.9 Å². The van der Waals surface area contributed by atoms with E-state index in [-0.39, 0.29) is 0 Å². The summed E-state index contributed by atoms with van der Waals surface area (Å²) in [5, 5.41) is 13.6. The van der Waals surface area contributed by atoms with Gasteiger partial charge in [0, 0.05) is 12.6 Å². The Kier molecular flexibility index (Phi) is 2.16. The summed E-state index contributed by atoms with van der Waals surface area (Å²) >= 11 is 0. The van der Waals surface area contributed by atoms with Crippen molar-refractivity contribution in [1.82, 2.24) is 20.0 Å². The Morgan fingerprint density at radius 2 is 2.05 bits per heavy atom. The molecule has 0 radical (unpaired) electrons. The number of hydrogen-bond donors (Lipinski definition) is 1. The van der Waals surface area contributed by atoms with Crippen LogP contribution in [0.4, 0.5) is 5.82 Å². The van der Waals surface area contributed by atoms with Crippen LogP contribution >= 0.6 is 0 Å². The van der Waals surface area contributed by atoms with Crippen LogP contribution < -0.4 is 5.73 Å². The molecule has 100 valence electrons. The second-order valence-corrected chi connectivity index (χ2v) is 5.34. The summed E-state index contributed by atoms with van der Waals surface area (Å²) in [5.74, 6) is 0.429. The Morgan fingerprint density at radius 3 is 2.80 bits per heavy atom. The number of nitrogens with two attached hydrogens (primary N) is 1. The minimum atomic E-state index is 0.429. The maximum absolute atomic E-state index is 5.89. The maximum Gasteiger partial charge on any atom is 0.157 e. The average molecular weight is 265 g/mol. The molecule has 0 amide bonds. The molecule has 0 spiro atoms. The van der Waals surface area contributed by atoms with E-state index in [1.165, 1.54) is 23.1 Å². The standard InChI is InChI=1S/C15H15N5/c1-8-10-5-3-9(10)4-6-11(8)13-14-12(7-17-20(14)2)15(16)19-18-13/h4,6-7H,3,5H2,1-2H3,(H2,16,19). The summed E-state index contributed by atoms with van der Waals surface area (Å²) in [6.07, 6.45) is 4.09. The van der Waals surface area contributed by atoms with Gasteiger partial charge >= 0.3 is 0 Å². The van der Waals surface area contributed by atoms with E-state index in [9.17, 15) is 0 Å². The van der Waals surface area contributed by atoms with Crippen molar-refractivity contribution >= 4 is 16.7 Å². The normalized spacial score (nSPS) is 13.3. The van der Waals surface area contributed by atoms with E-state index >= 15 is 0 Å². The molecule has 20 heavy (non-hydrogen) atoms. The highest BCUT2D eigenvalue weighted by molar-refractivity contribution is 5.97. The second kappa shape index (κ2) is 3.79. The predicted octanol–water partition coefficient (Wildman–Crippen LogP) is 2.02. The van der Waals surface area contributed by atoms with E-state index in [2.05, 4.69) is 34.4 Å². The van der Waals surface area contributed by atoms with Gasteiger partial charge in [-0.2, -0.15) is 5.10 Å². The minimum Gasteiger partial charge on any atom is -0.382 e. The van der Waals surface area contributed by atoms with Crippen LogP contribution in [-0.4, -0.2) is 20.0 Å². The Bertz CT molecular complexity index is 847. The fourth-order valence-corrected chi connectivity index (χ4v) is 3.03. The molecule has 0 unspecified atom stereocenters. The summed E-state index contributed by atoms with van der Waals surface area (Å²) in [4.78, 5) is 0. The summed E-state index contributed by atoms with van der Waals surface area (Å²) in [6, 6.07) is 4.33. The number of rotatable bonds is 1. The van der Waals surface area contributed by atoms with Gasteiger partial charge in [-0.1, -0.05) is 12.1 Å². The van der Waals surface area contributed by atoms with Crippen LogP contribution in [0.2, 0.25) is 0 Å². The number of aromatic nitrogens is 4. The van der Waals surface area contributed by atoms with Crippen LogP contribution in [0.25, 0.3) is 22.2 Å². The number of nitrogen functional groups attached to an aromatic ring is 1. The SMILES string of the molecule is Cc1c(-c2nnc(N)c3cnn(C)c23)ccc2c1CC2. The van der Waals surface area contributed by atoms with Gasteiger partial charge in [0.2, 0.25) is 0 Å². The zero-order chi connectivity index (χ0) is 13.9. The van der Waals surface area contributed by atoms with Crippen LogP contribution in [0.3, 0.4) is 0 Å². The fourth-order valence-electron chi connectivity index (χ4n) is 3.03. The van der Waals surface area contributed by atoms with Crippen molar-refractivity contribution in [3.8, 4) is 11.3 Å². The number of nitrogens with zero attached hydrogens (tertiary/aromatic N) is 4. The summed E-state index contributed by atoms with van der Waals surface area (Å²) in [5.41, 5.74) is 13.0. The molecule has 2 N–H and O–H groups in total. The molecule has 5 nitrogen and oxygen atoms in total. The topological polar surface area (TPSA) is 69.6 Å². The van der Waals surface area contributed by atoms with Gasteiger partial charge in [0.25, 0.3) is 0 Å². The van der Waals surface area contributed by atoms with Gasteiger partial charge in [-0.25, -0.2) is 0 Å². The van der Waals surface area contributed by atoms with E-state index in [0.29, 0.717) is 5.82 Å². The van der Waals surface area contributed by atoms with E-state index in [1.54, 1.807) is 6.20 Å². The third-order valence-electron chi connectivity index (χ3n) is 4.29. The highest BCUT2D eigenvalue weighted by atomic mass is 15.3. The van der Waals surface area contributed by atoms with Crippen molar-refractivity contribution < 1.29 is 0 Å². The largest absolute Gasteiger partial charge is 0.382 e. The fraction of sp³-hybridized carbons (Fsp3) is 0.267. The van der Waals surface area contributed by atoms with Crippen molar-refractivity contribution in [2.75, 3.05) is 5.73 Å². The van der Waals surface area contributed by atoms with E-state index in [4.69, 9.17) is 5.73 Å². The minimum absolute atomic E-state index is 0.429. The molecule has 0 saturated carbocycles. The van der Waals surface area contributed by atoms with Gasteiger partial charge in [0.1, 0.15) is 5.69 Å². The van der Waals surface area contributed by atoms with Crippen molar-refractivity contribution in [3.63, 3.8) is 0 Å². The van der Waals surface area contributed by atoms with Crippen LogP contribution in [0.15, 0.2) is 18.3 Å². The maximum atomic E-state index is 5.89. The van der Waals surface area contributed by atoms with Gasteiger partial charge in [-0.15, -0.1) is 10.2 Å². The molecule has 5 heteroatoms. The first-order valence-electron chi connectivity index (χ1n) is 6.72. The van der Waals surface area contributed by atoms with Crippen LogP contribution in [0.1, 0.15) is 16.7 Å². The van der Waals surface area contributed by atoms with E-state index < -0.39 is 0 Å². The lowest BCUT2D eigenvalue weighted by Crippen LogP contribution is -2.11. The number of hydrogen-bond acceptors (Lipinski definition) is 4. The van der Waals surface area contributed by atoms with Gasteiger partial charge < -0.3 is 5.73 Å². The zero-order valence-corrected chi connectivity index (χ0v) is 11.5. The monoisotopic (exact) mass is 265 g/mol. The third kappa shape index (κ3) is 1.35. The molecule has 1 aliphatic carbocycles. The van der Waals surface area contributed by atoms with Crippen LogP contribution in [0, 0.1) is 6.92 Å². The molecule has 2 heterocycles. The molecule has 0 bridgehead atoms. The van der Waals surface area contributed by atoms with Crippen LogP contribution in [0.5, 0.6) is 0 Å². The molecule has 2 aromatic heterocycles. The van der Waals surface area contributed by atoms with Gasteiger partial charge in [-0.05, 0) is 36.5 Å². The molecule has 0 saturated heterocycles. The molecule has 3 aromatic rings. The summed E-state index contributed by atoms with van der Waals surface area (Å²) in [6.45, 7) is 2.16. The average Bonchev–Trinajstić information content (AvgIpc) is 2.77. The lowest BCUT2D eigenvalue weighted by atomic mass is 9.82. The highest BCUT2D eigenvalue weighted by Crippen LogP contribution is 2.35. The van der Waals surface area contributed by atoms with Gasteiger partial charge in [-0.3, -0.25) is 4.68 Å². The smallest absolute Gasteiger partial charge is 0.157 e. The molecule has 4 rings (SSSR count). The number of benzene rings is 1. The molecule has 0 atom stereocenters. The molecule has 0 fully saturated rings. The first-order valence-corrected chi connectivity index (χ1v) is 6.72. The Labute approximate surface area is 116 Å². The highest BCUT2D eigenvalue weighted by Gasteiger charge is 2.21. The predicted molar refractivity (Wildman–Crippen MR) is 78.3 cm³/mol. The third-order valence-corrected chi connectivity index (χ3v) is 4.29. The molecule has 1 aromatic carbocycles. The first kappa shape index (κ1) is 11.4. The van der Waals surface area contributed by atoms with E-state index in [1.807, 2.05) is 11.7 Å². The molecular formula is C15H15N5. The summed E-state index contributed by atoms with van der Waals surface area (Å²) in [7, 11) is 1.91. The number of anilines is 1. The second-order valence-electron chi connectivity index (χ2n) is 5.34. The first-order chi connectivity index (χ1) is 9.66. The quantitative estimate of drug-likeness (QED) is 0.730. The Balaban J connectivity index is 2.06. The summed E-state index contributed by atoms with van der Waals surface area (Å²) < 4.78 is 1.81. The molecule has 0 aliphatic heterocycles. The van der Waals surface area contributed by atoms with Crippen molar-refractivity contribution in [2.45, 2.75) is 19.8 Å². The number of aryl methyl sites for hydroxylation is 2. The lowest BCUT2D eigenvalue weighted by molar-refractivity contribution is 0.794. The number of fused-ring (bicyclic) bond motifs is 2. The van der Waals surface area contributed by atoms with Gasteiger partial charge in [0.05, 0.1) is 17.1 Å². The van der Waals surface area contributed by atoms with E-state index in [0.717, 1.165) is 28.6 Å². The zero-order valence-electron chi connectivity index (χ0n) is 11.5. The Morgan fingerprint density at radius 1 is 1.20 bits per heavy atom.